The van der Waals surface area contributed by atoms with Crippen LogP contribution < -0.4 is 4.90 Å². The monoisotopic (exact) mass is 355 g/mol. The van der Waals surface area contributed by atoms with Gasteiger partial charge in [0.1, 0.15) is 5.88 Å². The number of nitrogens with zero attached hydrogens (tertiary/aromatic N) is 3. The molecular weight excluding hydrogens is 334 g/mol. The summed E-state index contributed by atoms with van der Waals surface area (Å²) in [5.41, 5.74) is 6.25. The van der Waals surface area contributed by atoms with E-state index in [1.54, 1.807) is 4.90 Å². The number of halogens is 1. The molecule has 0 saturated heterocycles. The van der Waals surface area contributed by atoms with Gasteiger partial charge in [0, 0.05) is 11.9 Å². The number of fused-ring (bicyclic) bond motifs is 2. The van der Waals surface area contributed by atoms with Crippen LogP contribution in [-0.4, -0.2) is 21.8 Å². The summed E-state index contributed by atoms with van der Waals surface area (Å²) >= 11 is 5.85. The number of alkyl halides is 1. The van der Waals surface area contributed by atoms with E-state index in [2.05, 4.69) is 28.2 Å². The molecule has 25 heavy (non-hydrogen) atoms. The van der Waals surface area contributed by atoms with E-state index in [1.807, 2.05) is 6.20 Å². The summed E-state index contributed by atoms with van der Waals surface area (Å²) in [6.07, 6.45) is 9.73. The maximum Gasteiger partial charge on any atom is 0.244 e. The fourth-order valence-corrected chi connectivity index (χ4v) is 3.99. The smallest absolute Gasteiger partial charge is 0.244 e. The Kier molecular flexibility index (Phi) is 4.71. The van der Waals surface area contributed by atoms with Gasteiger partial charge in [0.05, 0.1) is 6.54 Å². The van der Waals surface area contributed by atoms with Crippen LogP contribution in [0.1, 0.15) is 47.2 Å². The molecular formula is C20H22ClN3O. The van der Waals surface area contributed by atoms with Crippen molar-refractivity contribution in [1.29, 1.82) is 0 Å². The van der Waals surface area contributed by atoms with Crippen molar-refractivity contribution in [3.63, 3.8) is 0 Å². The highest BCUT2D eigenvalue weighted by Crippen LogP contribution is 2.25. The largest absolute Gasteiger partial charge is 0.275 e. The van der Waals surface area contributed by atoms with Crippen LogP contribution in [0.15, 0.2) is 24.4 Å². The Morgan fingerprint density at radius 2 is 1.84 bits per heavy atom. The Balaban J connectivity index is 1.63. The van der Waals surface area contributed by atoms with Crippen molar-refractivity contribution in [1.82, 2.24) is 9.97 Å². The number of aryl methyl sites for hydroxylation is 4. The van der Waals surface area contributed by atoms with Gasteiger partial charge in [0.25, 0.3) is 0 Å². The van der Waals surface area contributed by atoms with Crippen LogP contribution in [0.4, 0.5) is 5.95 Å². The van der Waals surface area contributed by atoms with Crippen LogP contribution in [0.25, 0.3) is 0 Å². The van der Waals surface area contributed by atoms with Gasteiger partial charge in [-0.05, 0) is 67.2 Å². The van der Waals surface area contributed by atoms with Crippen molar-refractivity contribution in [2.45, 2.75) is 51.5 Å². The Labute approximate surface area is 153 Å². The summed E-state index contributed by atoms with van der Waals surface area (Å²) in [5, 5.41) is 0. The SMILES string of the molecule is O=C(CCl)N(Cc1ccc2c(c1)CCC2)c1ncc2c(n1)CCCC2. The molecule has 0 saturated carbocycles. The Bertz CT molecular complexity index is 806. The Morgan fingerprint density at radius 1 is 1.04 bits per heavy atom. The van der Waals surface area contributed by atoms with Crippen molar-refractivity contribution in [2.24, 2.45) is 0 Å². The summed E-state index contributed by atoms with van der Waals surface area (Å²) < 4.78 is 0. The first-order valence-electron chi connectivity index (χ1n) is 9.06. The van der Waals surface area contributed by atoms with E-state index >= 15 is 0 Å². The number of carbonyl (C=O) groups excluding carboxylic acids is 1. The topological polar surface area (TPSA) is 46.1 Å². The van der Waals surface area contributed by atoms with E-state index in [9.17, 15) is 4.79 Å². The molecule has 0 spiro atoms. The van der Waals surface area contributed by atoms with E-state index in [-0.39, 0.29) is 11.8 Å². The quantitative estimate of drug-likeness (QED) is 0.787. The van der Waals surface area contributed by atoms with Crippen LogP contribution in [0.3, 0.4) is 0 Å². The molecule has 2 aliphatic carbocycles. The van der Waals surface area contributed by atoms with E-state index in [0.29, 0.717) is 12.5 Å². The van der Waals surface area contributed by atoms with E-state index in [0.717, 1.165) is 43.4 Å². The van der Waals surface area contributed by atoms with Crippen LogP contribution in [-0.2, 0) is 37.0 Å². The van der Waals surface area contributed by atoms with Gasteiger partial charge in [-0.25, -0.2) is 9.97 Å². The highest BCUT2D eigenvalue weighted by atomic mass is 35.5. The lowest BCUT2D eigenvalue weighted by molar-refractivity contribution is -0.116. The number of benzene rings is 1. The molecule has 0 radical (unpaired) electrons. The molecule has 1 aromatic carbocycles. The minimum Gasteiger partial charge on any atom is -0.275 e. The predicted octanol–water partition coefficient (Wildman–Crippen LogP) is 3.62. The molecule has 0 aliphatic heterocycles. The predicted molar refractivity (Wildman–Crippen MR) is 99.1 cm³/mol. The van der Waals surface area contributed by atoms with Crippen molar-refractivity contribution in [3.05, 3.63) is 52.3 Å². The summed E-state index contributed by atoms with van der Waals surface area (Å²) in [6, 6.07) is 6.51. The van der Waals surface area contributed by atoms with Crippen LogP contribution in [0.2, 0.25) is 0 Å². The second-order valence-corrected chi connectivity index (χ2v) is 7.19. The third-order valence-electron chi connectivity index (χ3n) is 5.21. The fourth-order valence-electron chi connectivity index (χ4n) is 3.84. The third-order valence-corrected chi connectivity index (χ3v) is 5.44. The van der Waals surface area contributed by atoms with Crippen LogP contribution in [0.5, 0.6) is 0 Å². The van der Waals surface area contributed by atoms with Gasteiger partial charge in [0.2, 0.25) is 11.9 Å². The average molecular weight is 356 g/mol. The molecule has 0 bridgehead atoms. The number of amides is 1. The van der Waals surface area contributed by atoms with Gasteiger partial charge in [-0.3, -0.25) is 9.69 Å². The van der Waals surface area contributed by atoms with E-state index in [1.165, 1.54) is 29.5 Å². The summed E-state index contributed by atoms with van der Waals surface area (Å²) in [5.74, 6) is 0.260. The molecule has 4 rings (SSSR count). The summed E-state index contributed by atoms with van der Waals surface area (Å²) in [4.78, 5) is 23.2. The first-order valence-corrected chi connectivity index (χ1v) is 9.60. The highest BCUT2D eigenvalue weighted by molar-refractivity contribution is 6.29. The summed E-state index contributed by atoms with van der Waals surface area (Å²) in [6.45, 7) is 0.470. The third kappa shape index (κ3) is 3.40. The zero-order valence-electron chi connectivity index (χ0n) is 14.3. The maximum absolute atomic E-state index is 12.4. The first-order chi connectivity index (χ1) is 12.2. The highest BCUT2D eigenvalue weighted by Gasteiger charge is 2.21. The number of carbonyl (C=O) groups is 1. The number of hydrogen-bond donors (Lipinski definition) is 0. The van der Waals surface area contributed by atoms with Gasteiger partial charge in [-0.15, -0.1) is 11.6 Å². The molecule has 4 nitrogen and oxygen atoms in total. The summed E-state index contributed by atoms with van der Waals surface area (Å²) in [7, 11) is 0. The van der Waals surface area contributed by atoms with E-state index < -0.39 is 0 Å². The molecule has 5 heteroatoms. The lowest BCUT2D eigenvalue weighted by atomic mass is 9.98. The molecule has 1 heterocycles. The lowest BCUT2D eigenvalue weighted by Crippen LogP contribution is -2.33. The van der Waals surface area contributed by atoms with Crippen molar-refractivity contribution in [3.8, 4) is 0 Å². The maximum atomic E-state index is 12.4. The molecule has 1 aromatic heterocycles. The molecule has 0 atom stereocenters. The minimum absolute atomic E-state index is 0.0641. The average Bonchev–Trinajstić information content (AvgIpc) is 3.13. The number of aromatic nitrogens is 2. The number of rotatable bonds is 4. The minimum atomic E-state index is -0.155. The van der Waals surface area contributed by atoms with Gasteiger partial charge >= 0.3 is 0 Å². The number of anilines is 1. The van der Waals surface area contributed by atoms with Gasteiger partial charge in [0.15, 0.2) is 0 Å². The standard InChI is InChI=1S/C20H22ClN3O/c21-11-19(25)24(13-14-8-9-15-5-3-6-16(15)10-14)20-22-12-17-4-1-2-7-18(17)23-20/h8-10,12H,1-7,11,13H2. The first kappa shape index (κ1) is 16.5. The molecule has 0 fully saturated rings. The van der Waals surface area contributed by atoms with Crippen LogP contribution in [0, 0.1) is 0 Å². The lowest BCUT2D eigenvalue weighted by Gasteiger charge is -2.22. The molecule has 130 valence electrons. The van der Waals surface area contributed by atoms with Gasteiger partial charge in [-0.2, -0.15) is 0 Å². The van der Waals surface area contributed by atoms with Crippen LogP contribution >= 0.6 is 11.6 Å². The van der Waals surface area contributed by atoms with Crippen molar-refractivity contribution in [2.75, 3.05) is 10.8 Å². The fraction of sp³-hybridized carbons (Fsp3) is 0.450. The zero-order valence-corrected chi connectivity index (χ0v) is 15.1. The number of hydrogen-bond acceptors (Lipinski definition) is 3. The van der Waals surface area contributed by atoms with Crippen molar-refractivity contribution >= 4 is 23.5 Å². The van der Waals surface area contributed by atoms with Crippen molar-refractivity contribution < 1.29 is 4.79 Å². The second kappa shape index (κ2) is 7.12. The molecule has 1 amide bonds. The second-order valence-electron chi connectivity index (χ2n) is 6.92. The van der Waals surface area contributed by atoms with E-state index in [4.69, 9.17) is 11.6 Å². The normalized spacial score (nSPS) is 15.6. The van der Waals surface area contributed by atoms with Gasteiger partial charge in [-0.1, -0.05) is 18.2 Å². The Hall–Kier alpha value is -1.94. The molecule has 0 N–H and O–H groups in total. The Morgan fingerprint density at radius 3 is 2.72 bits per heavy atom. The molecule has 2 aromatic rings. The zero-order chi connectivity index (χ0) is 17.2. The molecule has 0 unspecified atom stereocenters. The van der Waals surface area contributed by atoms with Gasteiger partial charge < -0.3 is 0 Å². The molecule has 2 aliphatic rings.